The number of aromatic nitrogens is 1. The Bertz CT molecular complexity index is 364. The predicted molar refractivity (Wildman–Crippen MR) is 51.4 cm³/mol. The number of hydrogen-bond donors (Lipinski definition) is 1. The zero-order valence-corrected chi connectivity index (χ0v) is 8.42. The normalized spacial score (nSPS) is 28.9. The first kappa shape index (κ1) is 9.59. The van der Waals surface area contributed by atoms with Crippen LogP contribution in [0.3, 0.4) is 0 Å². The van der Waals surface area contributed by atoms with E-state index in [1.165, 1.54) is 6.20 Å². The summed E-state index contributed by atoms with van der Waals surface area (Å²) in [5.74, 6) is -0.313. The van der Waals surface area contributed by atoms with Gasteiger partial charge in [-0.05, 0) is 23.5 Å². The Kier molecular flexibility index (Phi) is 1.89. The molecule has 14 heavy (non-hydrogen) atoms. The molecule has 1 atom stereocenters. The lowest BCUT2D eigenvalue weighted by molar-refractivity contribution is 0.228. The second-order valence-electron chi connectivity index (χ2n) is 4.66. The van der Waals surface area contributed by atoms with Crippen molar-refractivity contribution in [1.29, 1.82) is 0 Å². The molecule has 76 valence electrons. The molecular formula is C11H14FNO. The van der Waals surface area contributed by atoms with Gasteiger partial charge in [-0.25, -0.2) is 4.39 Å². The van der Waals surface area contributed by atoms with E-state index < -0.39 is 0 Å². The van der Waals surface area contributed by atoms with E-state index in [0.717, 1.165) is 6.42 Å². The molecule has 0 aliphatic heterocycles. The number of pyridine rings is 1. The quantitative estimate of drug-likeness (QED) is 0.781. The third kappa shape index (κ3) is 1.08. The second-order valence-corrected chi connectivity index (χ2v) is 4.66. The first-order valence-electron chi connectivity index (χ1n) is 4.74. The molecule has 1 aromatic rings. The van der Waals surface area contributed by atoms with E-state index in [9.17, 15) is 9.50 Å². The molecular weight excluding hydrogens is 181 g/mol. The molecule has 0 aromatic carbocycles. The zero-order valence-electron chi connectivity index (χ0n) is 8.42. The Hall–Kier alpha value is -0.960. The molecule has 3 heteroatoms. The van der Waals surface area contributed by atoms with Crippen LogP contribution >= 0.6 is 0 Å². The van der Waals surface area contributed by atoms with Gasteiger partial charge in [0.05, 0.1) is 12.8 Å². The number of aliphatic hydroxyl groups excluding tert-OH is 1. The second kappa shape index (κ2) is 2.76. The van der Waals surface area contributed by atoms with Gasteiger partial charge in [0, 0.05) is 11.6 Å². The SMILES string of the molecule is CC1(C)CC1(CO)c1ccncc1F. The van der Waals surface area contributed by atoms with Gasteiger partial charge in [-0.1, -0.05) is 13.8 Å². The van der Waals surface area contributed by atoms with Crippen LogP contribution in [0, 0.1) is 11.2 Å². The summed E-state index contributed by atoms with van der Waals surface area (Å²) in [5.41, 5.74) is 0.198. The van der Waals surface area contributed by atoms with Crippen molar-refractivity contribution in [2.75, 3.05) is 6.61 Å². The Balaban J connectivity index is 2.46. The van der Waals surface area contributed by atoms with Gasteiger partial charge in [-0.3, -0.25) is 4.98 Å². The number of hydrogen-bond acceptors (Lipinski definition) is 2. The fourth-order valence-electron chi connectivity index (χ4n) is 2.29. The molecule has 1 saturated carbocycles. The van der Waals surface area contributed by atoms with E-state index in [-0.39, 0.29) is 23.3 Å². The van der Waals surface area contributed by atoms with Crippen LogP contribution in [0.5, 0.6) is 0 Å². The van der Waals surface area contributed by atoms with E-state index in [1.807, 2.05) is 13.8 Å². The van der Waals surface area contributed by atoms with Crippen molar-refractivity contribution in [3.05, 3.63) is 29.8 Å². The highest BCUT2D eigenvalue weighted by Crippen LogP contribution is 2.64. The number of halogens is 1. The highest BCUT2D eigenvalue weighted by atomic mass is 19.1. The van der Waals surface area contributed by atoms with E-state index in [4.69, 9.17) is 0 Å². The first-order chi connectivity index (χ1) is 6.53. The summed E-state index contributed by atoms with van der Waals surface area (Å²) in [6.45, 7) is 4.09. The molecule has 1 aliphatic carbocycles. The summed E-state index contributed by atoms with van der Waals surface area (Å²) in [5, 5.41) is 9.38. The van der Waals surface area contributed by atoms with Gasteiger partial charge in [-0.2, -0.15) is 0 Å². The molecule has 0 bridgehead atoms. The Morgan fingerprint density at radius 3 is 2.64 bits per heavy atom. The maximum atomic E-state index is 13.5. The van der Waals surface area contributed by atoms with Crippen LogP contribution in [-0.2, 0) is 5.41 Å². The van der Waals surface area contributed by atoms with Gasteiger partial charge >= 0.3 is 0 Å². The molecule has 1 aromatic heterocycles. The fraction of sp³-hybridized carbons (Fsp3) is 0.545. The Morgan fingerprint density at radius 1 is 1.57 bits per heavy atom. The minimum absolute atomic E-state index is 0.000926. The lowest BCUT2D eigenvalue weighted by atomic mass is 9.89. The smallest absolute Gasteiger partial charge is 0.145 e. The summed E-state index contributed by atoms with van der Waals surface area (Å²) in [6, 6.07) is 1.67. The van der Waals surface area contributed by atoms with Crippen LogP contribution < -0.4 is 0 Å². The zero-order chi connectivity index (χ0) is 10.4. The monoisotopic (exact) mass is 195 g/mol. The summed E-state index contributed by atoms with van der Waals surface area (Å²) in [7, 11) is 0. The van der Waals surface area contributed by atoms with Crippen molar-refractivity contribution in [3.63, 3.8) is 0 Å². The predicted octanol–water partition coefficient (Wildman–Crippen LogP) is 1.88. The van der Waals surface area contributed by atoms with Gasteiger partial charge < -0.3 is 5.11 Å². The molecule has 1 heterocycles. The fourth-order valence-corrected chi connectivity index (χ4v) is 2.29. The molecule has 1 aliphatic rings. The number of nitrogens with zero attached hydrogens (tertiary/aromatic N) is 1. The van der Waals surface area contributed by atoms with Crippen molar-refractivity contribution < 1.29 is 9.50 Å². The van der Waals surface area contributed by atoms with Crippen molar-refractivity contribution in [3.8, 4) is 0 Å². The van der Waals surface area contributed by atoms with Crippen molar-refractivity contribution in [2.24, 2.45) is 5.41 Å². The summed E-state index contributed by atoms with van der Waals surface area (Å²) in [4.78, 5) is 3.71. The molecule has 1 N–H and O–H groups in total. The van der Waals surface area contributed by atoms with Gasteiger partial charge in [0.15, 0.2) is 0 Å². The van der Waals surface area contributed by atoms with Crippen molar-refractivity contribution >= 4 is 0 Å². The third-order valence-electron chi connectivity index (χ3n) is 3.47. The van der Waals surface area contributed by atoms with E-state index >= 15 is 0 Å². The Morgan fingerprint density at radius 2 is 2.21 bits per heavy atom. The van der Waals surface area contributed by atoms with Crippen LogP contribution in [0.4, 0.5) is 4.39 Å². The van der Waals surface area contributed by atoms with Crippen molar-refractivity contribution in [1.82, 2.24) is 4.98 Å². The highest BCUT2D eigenvalue weighted by Gasteiger charge is 2.62. The molecule has 0 spiro atoms. The first-order valence-corrected chi connectivity index (χ1v) is 4.74. The summed E-state index contributed by atoms with van der Waals surface area (Å²) in [6.07, 6.45) is 3.61. The number of aliphatic hydroxyl groups is 1. The maximum absolute atomic E-state index is 13.5. The average molecular weight is 195 g/mol. The molecule has 0 radical (unpaired) electrons. The topological polar surface area (TPSA) is 33.1 Å². The molecule has 1 unspecified atom stereocenters. The maximum Gasteiger partial charge on any atom is 0.145 e. The van der Waals surface area contributed by atoms with Crippen molar-refractivity contribution in [2.45, 2.75) is 25.7 Å². The van der Waals surface area contributed by atoms with Crippen LogP contribution in [0.2, 0.25) is 0 Å². The van der Waals surface area contributed by atoms with Crippen LogP contribution in [-0.4, -0.2) is 16.7 Å². The van der Waals surface area contributed by atoms with E-state index in [0.29, 0.717) is 5.56 Å². The van der Waals surface area contributed by atoms with Crippen LogP contribution in [0.15, 0.2) is 18.5 Å². The third-order valence-corrected chi connectivity index (χ3v) is 3.47. The van der Waals surface area contributed by atoms with Gasteiger partial charge in [0.2, 0.25) is 0 Å². The molecule has 1 fully saturated rings. The minimum atomic E-state index is -0.389. The summed E-state index contributed by atoms with van der Waals surface area (Å²) < 4.78 is 13.5. The highest BCUT2D eigenvalue weighted by molar-refractivity contribution is 5.36. The molecule has 2 nitrogen and oxygen atoms in total. The van der Waals surface area contributed by atoms with E-state index in [2.05, 4.69) is 4.98 Å². The average Bonchev–Trinajstić information content (AvgIpc) is 2.70. The Labute approximate surface area is 82.8 Å². The lowest BCUT2D eigenvalue weighted by Crippen LogP contribution is -2.20. The molecule has 2 rings (SSSR count). The summed E-state index contributed by atoms with van der Waals surface area (Å²) >= 11 is 0. The molecule has 0 saturated heterocycles. The largest absolute Gasteiger partial charge is 0.395 e. The van der Waals surface area contributed by atoms with Gasteiger partial charge in [-0.15, -0.1) is 0 Å². The lowest BCUT2D eigenvalue weighted by Gasteiger charge is -2.18. The van der Waals surface area contributed by atoms with Gasteiger partial charge in [0.25, 0.3) is 0 Å². The standard InChI is InChI=1S/C11H14FNO/c1-10(2)6-11(10,7-14)8-3-4-13-5-9(8)12/h3-5,14H,6-7H2,1-2H3. The van der Waals surface area contributed by atoms with E-state index in [1.54, 1.807) is 12.3 Å². The van der Waals surface area contributed by atoms with Gasteiger partial charge in [0.1, 0.15) is 5.82 Å². The minimum Gasteiger partial charge on any atom is -0.395 e. The molecule has 0 amide bonds. The number of rotatable bonds is 2. The van der Waals surface area contributed by atoms with Crippen LogP contribution in [0.25, 0.3) is 0 Å². The van der Waals surface area contributed by atoms with Crippen LogP contribution in [0.1, 0.15) is 25.8 Å².